The Balaban J connectivity index is 2.05. The molecule has 0 saturated heterocycles. The molecule has 0 heterocycles. The number of hydrogen-bond donors (Lipinski definition) is 3. The van der Waals surface area contributed by atoms with E-state index in [1.807, 2.05) is 60.7 Å². The highest BCUT2D eigenvalue weighted by atomic mass is 32.1. The van der Waals surface area contributed by atoms with Crippen LogP contribution >= 0.6 is 12.2 Å². The lowest BCUT2D eigenvalue weighted by molar-refractivity contribution is -0.122. The van der Waals surface area contributed by atoms with Crippen LogP contribution in [0.1, 0.15) is 36.8 Å². The molecule has 1 amide bonds. The van der Waals surface area contributed by atoms with E-state index in [-0.39, 0.29) is 5.91 Å². The summed E-state index contributed by atoms with van der Waals surface area (Å²) in [6, 6.07) is 19.4. The third-order valence-corrected chi connectivity index (χ3v) is 3.89. The van der Waals surface area contributed by atoms with Crippen LogP contribution < -0.4 is 16.2 Å². The van der Waals surface area contributed by atoms with Gasteiger partial charge in [-0.15, -0.1) is 0 Å². The summed E-state index contributed by atoms with van der Waals surface area (Å²) in [4.78, 5) is 12.7. The van der Waals surface area contributed by atoms with E-state index in [1.54, 1.807) is 0 Å². The molecule has 0 fully saturated rings. The molecule has 5 heteroatoms. The van der Waals surface area contributed by atoms with Crippen LogP contribution in [0.15, 0.2) is 60.7 Å². The van der Waals surface area contributed by atoms with Gasteiger partial charge in [0, 0.05) is 6.54 Å². The third kappa shape index (κ3) is 5.35. The van der Waals surface area contributed by atoms with Crippen molar-refractivity contribution in [2.24, 2.45) is 0 Å². The van der Waals surface area contributed by atoms with Crippen LogP contribution in [0.4, 0.5) is 0 Å². The topological polar surface area (TPSA) is 53.2 Å². The molecular weight excluding hydrogens is 318 g/mol. The minimum atomic E-state index is -0.390. The maximum atomic E-state index is 12.7. The zero-order chi connectivity index (χ0) is 17.2. The Morgan fingerprint density at radius 1 is 0.958 bits per heavy atom. The first-order valence-electron chi connectivity index (χ1n) is 8.16. The zero-order valence-corrected chi connectivity index (χ0v) is 14.6. The number of thiocarbonyl (C=S) groups is 1. The molecule has 2 rings (SSSR count). The molecule has 0 radical (unpaired) electrons. The molecule has 0 aromatic heterocycles. The number of unbranched alkanes of at least 4 members (excludes halogenated alkanes) is 1. The van der Waals surface area contributed by atoms with Crippen LogP contribution in [0.5, 0.6) is 0 Å². The van der Waals surface area contributed by atoms with Crippen LogP contribution in [-0.4, -0.2) is 17.6 Å². The van der Waals surface area contributed by atoms with Gasteiger partial charge in [0.2, 0.25) is 5.91 Å². The first kappa shape index (κ1) is 17.9. The molecule has 3 N–H and O–H groups in total. The van der Waals surface area contributed by atoms with Gasteiger partial charge in [-0.05, 0) is 29.8 Å². The molecule has 0 saturated carbocycles. The molecule has 0 aliphatic rings. The van der Waals surface area contributed by atoms with Crippen LogP contribution in [-0.2, 0) is 4.79 Å². The Bertz CT molecular complexity index is 607. The predicted molar refractivity (Wildman–Crippen MR) is 102 cm³/mol. The lowest BCUT2D eigenvalue weighted by atomic mass is 9.91. The summed E-state index contributed by atoms with van der Waals surface area (Å²) >= 11 is 5.17. The van der Waals surface area contributed by atoms with Crippen molar-refractivity contribution >= 4 is 23.2 Å². The normalized spacial score (nSPS) is 10.2. The van der Waals surface area contributed by atoms with E-state index in [4.69, 9.17) is 12.2 Å². The molecule has 0 atom stereocenters. The quantitative estimate of drug-likeness (QED) is 0.429. The van der Waals surface area contributed by atoms with Crippen molar-refractivity contribution in [2.75, 3.05) is 6.54 Å². The smallest absolute Gasteiger partial charge is 0.250 e. The van der Waals surface area contributed by atoms with Gasteiger partial charge in [0.25, 0.3) is 0 Å². The maximum absolute atomic E-state index is 12.7. The van der Waals surface area contributed by atoms with Crippen LogP contribution in [0, 0.1) is 0 Å². The van der Waals surface area contributed by atoms with Gasteiger partial charge < -0.3 is 5.32 Å². The van der Waals surface area contributed by atoms with Gasteiger partial charge in [0.1, 0.15) is 0 Å². The fourth-order valence-electron chi connectivity index (χ4n) is 2.40. The second-order valence-corrected chi connectivity index (χ2v) is 5.89. The Hall–Kier alpha value is -2.40. The average molecular weight is 341 g/mol. The van der Waals surface area contributed by atoms with Crippen molar-refractivity contribution in [1.29, 1.82) is 0 Å². The number of nitrogens with one attached hydrogen (secondary N) is 3. The number of carbonyl (C=O) groups excluding carboxylic acids is 1. The highest BCUT2D eigenvalue weighted by Gasteiger charge is 2.22. The fourth-order valence-corrected chi connectivity index (χ4v) is 2.55. The SMILES string of the molecule is CCCCNC(=S)NNC(=O)C(c1ccccc1)c1ccccc1. The van der Waals surface area contributed by atoms with Gasteiger partial charge in [0.05, 0.1) is 5.92 Å². The molecule has 2 aromatic rings. The lowest BCUT2D eigenvalue weighted by Crippen LogP contribution is -2.48. The molecule has 24 heavy (non-hydrogen) atoms. The minimum Gasteiger partial charge on any atom is -0.361 e. The number of rotatable bonds is 6. The largest absolute Gasteiger partial charge is 0.361 e. The Labute approximate surface area is 148 Å². The summed E-state index contributed by atoms with van der Waals surface area (Å²) in [6.07, 6.45) is 2.12. The van der Waals surface area contributed by atoms with Gasteiger partial charge in [-0.2, -0.15) is 0 Å². The zero-order valence-electron chi connectivity index (χ0n) is 13.8. The van der Waals surface area contributed by atoms with Crippen molar-refractivity contribution in [3.8, 4) is 0 Å². The van der Waals surface area contributed by atoms with E-state index in [2.05, 4.69) is 23.1 Å². The van der Waals surface area contributed by atoms with Gasteiger partial charge in [-0.3, -0.25) is 15.6 Å². The van der Waals surface area contributed by atoms with E-state index >= 15 is 0 Å². The second-order valence-electron chi connectivity index (χ2n) is 5.48. The minimum absolute atomic E-state index is 0.146. The summed E-state index contributed by atoms with van der Waals surface area (Å²) in [7, 11) is 0. The van der Waals surface area contributed by atoms with Gasteiger partial charge in [0.15, 0.2) is 5.11 Å². The van der Waals surface area contributed by atoms with E-state index < -0.39 is 5.92 Å². The van der Waals surface area contributed by atoms with E-state index in [0.29, 0.717) is 5.11 Å². The molecule has 4 nitrogen and oxygen atoms in total. The maximum Gasteiger partial charge on any atom is 0.250 e. The van der Waals surface area contributed by atoms with E-state index in [1.165, 1.54) is 0 Å². The second kappa shape index (κ2) is 9.67. The summed E-state index contributed by atoms with van der Waals surface area (Å²) in [5.74, 6) is -0.537. The molecule has 0 bridgehead atoms. The first-order chi connectivity index (χ1) is 11.7. The van der Waals surface area contributed by atoms with Crippen molar-refractivity contribution in [3.05, 3.63) is 71.8 Å². The predicted octanol–water partition coefficient (Wildman–Crippen LogP) is 3.11. The highest BCUT2D eigenvalue weighted by Crippen LogP contribution is 2.24. The monoisotopic (exact) mass is 341 g/mol. The Kier molecular flexibility index (Phi) is 7.23. The molecule has 0 aliphatic heterocycles. The van der Waals surface area contributed by atoms with Gasteiger partial charge in [-0.25, -0.2) is 0 Å². The van der Waals surface area contributed by atoms with Crippen LogP contribution in [0.2, 0.25) is 0 Å². The molecule has 0 unspecified atom stereocenters. The summed E-state index contributed by atoms with van der Waals surface area (Å²) < 4.78 is 0. The molecule has 0 aliphatic carbocycles. The first-order valence-corrected chi connectivity index (χ1v) is 8.56. The number of benzene rings is 2. The summed E-state index contributed by atoms with van der Waals surface area (Å²) in [6.45, 7) is 2.91. The van der Waals surface area contributed by atoms with E-state index in [9.17, 15) is 4.79 Å². The van der Waals surface area contributed by atoms with Gasteiger partial charge in [-0.1, -0.05) is 74.0 Å². The Morgan fingerprint density at radius 2 is 1.50 bits per heavy atom. The van der Waals surface area contributed by atoms with Crippen LogP contribution in [0.3, 0.4) is 0 Å². The van der Waals surface area contributed by atoms with E-state index in [0.717, 1.165) is 30.5 Å². The third-order valence-electron chi connectivity index (χ3n) is 3.64. The summed E-state index contributed by atoms with van der Waals surface area (Å²) in [5.41, 5.74) is 7.37. The Morgan fingerprint density at radius 3 is 2.00 bits per heavy atom. The number of hydrazine groups is 1. The average Bonchev–Trinajstić information content (AvgIpc) is 2.62. The molecule has 126 valence electrons. The van der Waals surface area contributed by atoms with Crippen molar-refractivity contribution in [2.45, 2.75) is 25.7 Å². The van der Waals surface area contributed by atoms with Crippen molar-refractivity contribution in [1.82, 2.24) is 16.2 Å². The molecule has 2 aromatic carbocycles. The van der Waals surface area contributed by atoms with Gasteiger partial charge >= 0.3 is 0 Å². The number of carbonyl (C=O) groups is 1. The highest BCUT2D eigenvalue weighted by molar-refractivity contribution is 7.80. The standard InChI is InChI=1S/C19H23N3OS/c1-2-3-14-20-19(24)22-21-18(23)17(15-10-6-4-7-11-15)16-12-8-5-9-13-16/h4-13,17H,2-3,14H2,1H3,(H,21,23)(H2,20,22,24). The number of amides is 1. The van der Waals surface area contributed by atoms with Crippen LogP contribution in [0.25, 0.3) is 0 Å². The fraction of sp³-hybridized carbons (Fsp3) is 0.263. The molecule has 0 spiro atoms. The summed E-state index contributed by atoms with van der Waals surface area (Å²) in [5, 5.41) is 3.49. The van der Waals surface area contributed by atoms with Crippen molar-refractivity contribution < 1.29 is 4.79 Å². The lowest BCUT2D eigenvalue weighted by Gasteiger charge is -2.19. The van der Waals surface area contributed by atoms with Crippen molar-refractivity contribution in [3.63, 3.8) is 0 Å². The molecular formula is C19H23N3OS. The number of hydrogen-bond acceptors (Lipinski definition) is 2.